The number of carbonyl (C=O) groups is 4. The Kier molecular flexibility index (Phi) is 11.0. The lowest BCUT2D eigenvalue weighted by molar-refractivity contribution is -0.136. The number of carbonyl (C=O) groups excluding carboxylic acids is 4. The highest BCUT2D eigenvalue weighted by atomic mass is 79.9. The second kappa shape index (κ2) is 16.5. The second-order valence-corrected chi connectivity index (χ2v) is 20.3. The summed E-state index contributed by atoms with van der Waals surface area (Å²) in [7, 11) is 1.55. The summed E-state index contributed by atoms with van der Waals surface area (Å²) in [5.74, 6) is 0.993. The lowest BCUT2D eigenvalue weighted by Crippen LogP contribution is -2.53. The predicted octanol–water partition coefficient (Wildman–Crippen LogP) is 8.06. The highest BCUT2D eigenvalue weighted by Gasteiger charge is 2.47. The van der Waals surface area contributed by atoms with Crippen molar-refractivity contribution in [2.24, 2.45) is 11.3 Å². The van der Waals surface area contributed by atoms with Gasteiger partial charge in [0.15, 0.2) is 6.29 Å². The van der Waals surface area contributed by atoms with Crippen LogP contribution in [0.4, 0.5) is 5.69 Å². The van der Waals surface area contributed by atoms with E-state index in [2.05, 4.69) is 59.9 Å². The van der Waals surface area contributed by atoms with Crippen LogP contribution in [0.5, 0.6) is 0 Å². The molecule has 1 N–H and O–H groups in total. The van der Waals surface area contributed by atoms with Crippen LogP contribution < -0.4 is 15.8 Å². The molecule has 5 fully saturated rings. The molecule has 0 radical (unpaired) electrons. The number of benzene rings is 3. The van der Waals surface area contributed by atoms with E-state index in [0.717, 1.165) is 111 Å². The summed E-state index contributed by atoms with van der Waals surface area (Å²) in [6.45, 7) is 5.30. The van der Waals surface area contributed by atoms with Gasteiger partial charge in [-0.2, -0.15) is 4.98 Å². The summed E-state index contributed by atoms with van der Waals surface area (Å²) in [5, 5.41) is 2.98. The summed E-state index contributed by atoms with van der Waals surface area (Å²) in [4.78, 5) is 74.4. The standard InChI is InChI=1S/C50H57BrN6O5/c1-54(41-12-13-43(59)52-45(41)60)47(62)37-10-9-36(28-35(37)31-58)56-26-22-49(23-27-56)20-14-32(15-21-49)30-55-24-16-33(17-25-55)34-8-11-38-42(29-34)57-40-7-5-6-39(51)44(40)46(61)53-48(57)50(38)18-3-2-4-19-50/h5-11,28-29,31-33,41H,2-4,12-27,30H2,1H3,(H,52,59,60). The smallest absolute Gasteiger partial charge is 0.281 e. The molecule has 10 rings (SSSR count). The largest absolute Gasteiger partial charge is 0.371 e. The van der Waals surface area contributed by atoms with Crippen LogP contribution in [0.1, 0.15) is 140 Å². The van der Waals surface area contributed by atoms with Gasteiger partial charge in [-0.1, -0.05) is 37.5 Å². The maximum absolute atomic E-state index is 13.5. The number of aldehydes is 1. The maximum Gasteiger partial charge on any atom is 0.281 e. The van der Waals surface area contributed by atoms with Crippen LogP contribution in [0.25, 0.3) is 16.6 Å². The Hall–Kier alpha value is -4.68. The van der Waals surface area contributed by atoms with E-state index in [4.69, 9.17) is 4.98 Å². The summed E-state index contributed by atoms with van der Waals surface area (Å²) in [5.41, 5.74) is 6.56. The van der Waals surface area contributed by atoms with Gasteiger partial charge in [0.25, 0.3) is 11.5 Å². The quantitative estimate of drug-likeness (QED) is 0.146. The highest BCUT2D eigenvalue weighted by Crippen LogP contribution is 2.53. The number of anilines is 1. The molecule has 3 saturated heterocycles. The minimum absolute atomic E-state index is 0.132. The molecule has 4 aromatic rings. The lowest BCUT2D eigenvalue weighted by Gasteiger charge is -2.47. The van der Waals surface area contributed by atoms with Gasteiger partial charge < -0.3 is 14.7 Å². The van der Waals surface area contributed by atoms with Crippen molar-refractivity contribution in [3.63, 3.8) is 0 Å². The maximum atomic E-state index is 13.5. The van der Waals surface area contributed by atoms with Crippen LogP contribution >= 0.6 is 15.9 Å². The number of hydrogen-bond donors (Lipinski definition) is 1. The fraction of sp³-hybridized carbons (Fsp3) is 0.520. The van der Waals surface area contributed by atoms with Gasteiger partial charge in [-0.05, 0) is 164 Å². The minimum atomic E-state index is -0.742. The Labute approximate surface area is 371 Å². The van der Waals surface area contributed by atoms with Crippen LogP contribution in [0.2, 0.25) is 0 Å². The first-order chi connectivity index (χ1) is 30.1. The molecule has 12 heteroatoms. The Bertz CT molecular complexity index is 2500. The van der Waals surface area contributed by atoms with Gasteiger partial charge in [-0.15, -0.1) is 0 Å². The van der Waals surface area contributed by atoms with E-state index in [1.807, 2.05) is 24.3 Å². The first-order valence-electron chi connectivity index (χ1n) is 23.1. The summed E-state index contributed by atoms with van der Waals surface area (Å²) < 4.78 is 3.14. The van der Waals surface area contributed by atoms with Crippen molar-refractivity contribution >= 4 is 56.5 Å². The molecule has 1 unspecified atom stereocenters. The van der Waals surface area contributed by atoms with Crippen LogP contribution in [0.15, 0.2) is 63.9 Å². The van der Waals surface area contributed by atoms with Gasteiger partial charge in [0.05, 0.1) is 27.6 Å². The number of rotatable bonds is 7. The molecular formula is C50H57BrN6O5. The minimum Gasteiger partial charge on any atom is -0.371 e. The van der Waals surface area contributed by atoms with Gasteiger partial charge in [-0.25, -0.2) is 0 Å². The third-order valence-corrected chi connectivity index (χ3v) is 16.8. The van der Waals surface area contributed by atoms with E-state index >= 15 is 0 Å². The van der Waals surface area contributed by atoms with Crippen molar-refractivity contribution in [2.75, 3.05) is 44.7 Å². The van der Waals surface area contributed by atoms with E-state index in [-0.39, 0.29) is 35.3 Å². The Morgan fingerprint density at radius 3 is 2.37 bits per heavy atom. The number of nitrogens with one attached hydrogen (secondary N) is 1. The molecule has 11 nitrogen and oxygen atoms in total. The molecule has 3 amide bonds. The summed E-state index contributed by atoms with van der Waals surface area (Å²) in [6.07, 6.45) is 16.5. The number of nitrogens with zero attached hydrogens (tertiary/aromatic N) is 5. The number of piperidine rings is 3. The fourth-order valence-electron chi connectivity index (χ4n) is 12.4. The molecule has 3 aromatic carbocycles. The lowest BCUT2D eigenvalue weighted by atomic mass is 9.65. The Balaban J connectivity index is 0.739. The average Bonchev–Trinajstić information content (AvgIpc) is 3.54. The number of halogens is 1. The monoisotopic (exact) mass is 900 g/mol. The van der Waals surface area contributed by atoms with Crippen molar-refractivity contribution in [3.05, 3.63) is 97.5 Å². The van der Waals surface area contributed by atoms with Gasteiger partial charge in [-0.3, -0.25) is 33.9 Å². The zero-order valence-corrected chi connectivity index (χ0v) is 37.4. The molecule has 1 aromatic heterocycles. The van der Waals surface area contributed by atoms with Gasteiger partial charge in [0.1, 0.15) is 11.9 Å². The molecule has 62 heavy (non-hydrogen) atoms. The molecule has 4 aliphatic heterocycles. The number of hydrogen-bond acceptors (Lipinski definition) is 8. The number of amides is 3. The molecule has 5 heterocycles. The van der Waals surface area contributed by atoms with E-state index in [0.29, 0.717) is 22.3 Å². The molecule has 2 spiro atoms. The van der Waals surface area contributed by atoms with Crippen molar-refractivity contribution in [3.8, 4) is 5.69 Å². The third kappa shape index (κ3) is 7.22. The van der Waals surface area contributed by atoms with Gasteiger partial charge >= 0.3 is 0 Å². The van der Waals surface area contributed by atoms with Crippen LogP contribution in [-0.4, -0.2) is 89.2 Å². The van der Waals surface area contributed by atoms with Crippen LogP contribution in [0.3, 0.4) is 0 Å². The molecule has 324 valence electrons. The molecule has 2 aliphatic carbocycles. The highest BCUT2D eigenvalue weighted by molar-refractivity contribution is 9.10. The van der Waals surface area contributed by atoms with E-state index < -0.39 is 17.9 Å². The zero-order valence-electron chi connectivity index (χ0n) is 35.8. The Morgan fingerprint density at radius 1 is 0.887 bits per heavy atom. The van der Waals surface area contributed by atoms with Crippen molar-refractivity contribution in [2.45, 2.75) is 114 Å². The van der Waals surface area contributed by atoms with Gasteiger partial charge in [0.2, 0.25) is 11.8 Å². The van der Waals surface area contributed by atoms with Crippen molar-refractivity contribution in [1.29, 1.82) is 0 Å². The van der Waals surface area contributed by atoms with Crippen LogP contribution in [0, 0.1) is 11.3 Å². The second-order valence-electron chi connectivity index (χ2n) is 19.4. The van der Waals surface area contributed by atoms with Gasteiger partial charge in [0, 0.05) is 48.8 Å². The van der Waals surface area contributed by atoms with E-state index in [1.54, 1.807) is 13.1 Å². The topological polar surface area (TPSA) is 125 Å². The molecule has 1 atom stereocenters. The van der Waals surface area contributed by atoms with E-state index in [1.165, 1.54) is 60.4 Å². The molecular weight excluding hydrogens is 844 g/mol. The fourth-order valence-corrected chi connectivity index (χ4v) is 12.9. The molecule has 2 saturated carbocycles. The normalized spacial score (nSPS) is 22.7. The van der Waals surface area contributed by atoms with Crippen LogP contribution in [-0.2, 0) is 15.0 Å². The zero-order chi connectivity index (χ0) is 42.8. The number of likely N-dealkylation sites (tertiary alicyclic amines) is 1. The first-order valence-corrected chi connectivity index (χ1v) is 23.9. The number of fused-ring (bicyclic) bond motifs is 7. The molecule has 6 aliphatic rings. The Morgan fingerprint density at radius 2 is 1.65 bits per heavy atom. The summed E-state index contributed by atoms with van der Waals surface area (Å²) >= 11 is 3.66. The number of likely N-dealkylation sites (N-methyl/N-ethyl adjacent to an activating group) is 1. The van der Waals surface area contributed by atoms with Crippen molar-refractivity contribution in [1.82, 2.24) is 24.7 Å². The SMILES string of the molecule is CN(C(=O)c1ccc(N2CCC3(CCC(CN4CCC(c5ccc6c(c5)-n5c(nc(=O)c7c(Br)cccc75)C65CCCCC5)CC4)CC3)CC2)cc1C=O)C1CCC(=O)NC1=O. The molecule has 0 bridgehead atoms. The number of imide groups is 1. The van der Waals surface area contributed by atoms with Crippen molar-refractivity contribution < 1.29 is 19.2 Å². The first kappa shape index (κ1) is 41.3. The predicted molar refractivity (Wildman–Crippen MR) is 243 cm³/mol. The van der Waals surface area contributed by atoms with E-state index in [9.17, 15) is 24.0 Å². The third-order valence-electron chi connectivity index (χ3n) is 16.1. The summed E-state index contributed by atoms with van der Waals surface area (Å²) in [6, 6.07) is 18.0. The number of aromatic nitrogens is 2. The average molecular weight is 902 g/mol.